The monoisotopic (exact) mass is 282 g/mol. The fourth-order valence-corrected chi connectivity index (χ4v) is 1.68. The number of rotatable bonds is 2. The third kappa shape index (κ3) is 3.15. The third-order valence-corrected chi connectivity index (χ3v) is 2.45. The van der Waals surface area contributed by atoms with Crippen molar-refractivity contribution in [3.63, 3.8) is 0 Å². The van der Waals surface area contributed by atoms with Crippen LogP contribution in [0.15, 0.2) is 24.3 Å². The van der Waals surface area contributed by atoms with Gasteiger partial charge in [-0.15, -0.1) is 10.2 Å². The number of anilines is 1. The van der Waals surface area contributed by atoms with Gasteiger partial charge in [0, 0.05) is 11.3 Å². The van der Waals surface area contributed by atoms with Gasteiger partial charge in [0.2, 0.25) is 0 Å². The summed E-state index contributed by atoms with van der Waals surface area (Å²) in [5.74, 6) is -0.0194. The van der Waals surface area contributed by atoms with Crippen LogP contribution in [0.5, 0.6) is 0 Å². The largest absolute Gasteiger partial charge is 0.305 e. The smallest absolute Gasteiger partial charge is 0.257 e. The van der Waals surface area contributed by atoms with Gasteiger partial charge >= 0.3 is 0 Å². The second-order valence-electron chi connectivity index (χ2n) is 3.52. The van der Waals surface area contributed by atoms with Crippen LogP contribution in [-0.2, 0) is 0 Å². The van der Waals surface area contributed by atoms with Crippen LogP contribution >= 0.6 is 23.2 Å². The number of hydrogen-bond donors (Lipinski definition) is 1. The highest BCUT2D eigenvalue weighted by atomic mass is 35.5. The van der Waals surface area contributed by atoms with E-state index < -0.39 is 0 Å². The van der Waals surface area contributed by atoms with E-state index in [9.17, 15) is 4.79 Å². The number of nitrogens with zero attached hydrogens (tertiary/aromatic N) is 3. The van der Waals surface area contributed by atoms with Gasteiger partial charge in [-0.05, 0) is 31.2 Å². The van der Waals surface area contributed by atoms with E-state index in [1.807, 2.05) is 0 Å². The van der Waals surface area contributed by atoms with Crippen molar-refractivity contribution in [2.75, 3.05) is 5.32 Å². The van der Waals surface area contributed by atoms with E-state index in [2.05, 4.69) is 20.5 Å². The molecule has 0 aliphatic heterocycles. The Morgan fingerprint density at radius 1 is 1.17 bits per heavy atom. The lowest BCUT2D eigenvalue weighted by Gasteiger charge is -2.04. The maximum atomic E-state index is 11.9. The fraction of sp³-hybridized carbons (Fsp3) is 0.0909. The van der Waals surface area contributed by atoms with E-state index in [1.165, 1.54) is 12.1 Å². The van der Waals surface area contributed by atoms with Crippen molar-refractivity contribution in [1.29, 1.82) is 0 Å². The summed E-state index contributed by atoms with van der Waals surface area (Å²) in [5.41, 5.74) is 1.07. The van der Waals surface area contributed by atoms with Gasteiger partial charge in [-0.3, -0.25) is 4.79 Å². The van der Waals surface area contributed by atoms with Crippen LogP contribution in [0.25, 0.3) is 0 Å². The molecule has 0 unspecified atom stereocenters. The highest BCUT2D eigenvalue weighted by Crippen LogP contribution is 2.12. The first-order valence-corrected chi connectivity index (χ1v) is 5.75. The highest BCUT2D eigenvalue weighted by Gasteiger charge is 2.09. The van der Waals surface area contributed by atoms with E-state index >= 15 is 0 Å². The molecule has 2 aromatic heterocycles. The van der Waals surface area contributed by atoms with E-state index in [-0.39, 0.29) is 16.2 Å². The van der Waals surface area contributed by atoms with E-state index in [0.717, 1.165) is 0 Å². The van der Waals surface area contributed by atoms with Crippen molar-refractivity contribution in [1.82, 2.24) is 15.2 Å². The molecule has 2 aromatic rings. The molecule has 7 heteroatoms. The maximum absolute atomic E-state index is 11.9. The van der Waals surface area contributed by atoms with Gasteiger partial charge in [-0.1, -0.05) is 23.2 Å². The second kappa shape index (κ2) is 5.29. The molecule has 18 heavy (non-hydrogen) atoms. The Bertz CT molecular complexity index is 566. The van der Waals surface area contributed by atoms with Gasteiger partial charge in [0.25, 0.3) is 5.91 Å². The lowest BCUT2D eigenvalue weighted by molar-refractivity contribution is 0.102. The molecule has 2 heterocycles. The normalized spacial score (nSPS) is 10.2. The zero-order chi connectivity index (χ0) is 13.1. The molecule has 0 aliphatic carbocycles. The van der Waals surface area contributed by atoms with Gasteiger partial charge in [0.1, 0.15) is 5.15 Å². The number of halogens is 2. The minimum atomic E-state index is -0.334. The van der Waals surface area contributed by atoms with E-state index in [1.54, 1.807) is 19.1 Å². The number of pyridine rings is 1. The topological polar surface area (TPSA) is 67.8 Å². The Hall–Kier alpha value is -1.72. The number of nitrogens with one attached hydrogen (secondary N) is 1. The average Bonchev–Trinajstić information content (AvgIpc) is 2.31. The predicted molar refractivity (Wildman–Crippen MR) is 69.0 cm³/mol. The van der Waals surface area contributed by atoms with Crippen molar-refractivity contribution in [2.24, 2.45) is 0 Å². The summed E-state index contributed by atoms with van der Waals surface area (Å²) in [5, 5.41) is 10.5. The summed E-state index contributed by atoms with van der Waals surface area (Å²) in [6.07, 6.45) is 0. The highest BCUT2D eigenvalue weighted by molar-refractivity contribution is 6.30. The molecule has 0 saturated heterocycles. The van der Waals surface area contributed by atoms with E-state index in [0.29, 0.717) is 17.1 Å². The number of hydrogen-bond acceptors (Lipinski definition) is 4. The Balaban J connectivity index is 2.19. The van der Waals surface area contributed by atoms with Gasteiger partial charge in [0.15, 0.2) is 11.0 Å². The van der Waals surface area contributed by atoms with Crippen LogP contribution in [0.3, 0.4) is 0 Å². The summed E-state index contributed by atoms with van der Waals surface area (Å²) >= 11 is 11.4. The van der Waals surface area contributed by atoms with E-state index in [4.69, 9.17) is 23.2 Å². The molecule has 1 N–H and O–H groups in total. The molecule has 2 rings (SSSR count). The van der Waals surface area contributed by atoms with Crippen molar-refractivity contribution in [2.45, 2.75) is 6.92 Å². The van der Waals surface area contributed by atoms with Gasteiger partial charge < -0.3 is 5.32 Å². The predicted octanol–water partition coefficient (Wildman–Crippen LogP) is 2.74. The summed E-state index contributed by atoms with van der Waals surface area (Å²) in [6, 6.07) is 6.20. The summed E-state index contributed by atoms with van der Waals surface area (Å²) in [7, 11) is 0. The Morgan fingerprint density at radius 2 is 1.94 bits per heavy atom. The Morgan fingerprint density at radius 3 is 2.56 bits per heavy atom. The molecular weight excluding hydrogens is 275 g/mol. The van der Waals surface area contributed by atoms with Crippen molar-refractivity contribution in [3.05, 3.63) is 45.8 Å². The minimum absolute atomic E-state index is 0.260. The first kappa shape index (κ1) is 12.7. The molecule has 92 valence electrons. The molecule has 0 fully saturated rings. The van der Waals surface area contributed by atoms with Crippen molar-refractivity contribution < 1.29 is 4.79 Å². The first-order chi connectivity index (χ1) is 8.54. The second-order valence-corrected chi connectivity index (χ2v) is 4.29. The van der Waals surface area contributed by atoms with Crippen molar-refractivity contribution >= 4 is 34.9 Å². The minimum Gasteiger partial charge on any atom is -0.305 e. The quantitative estimate of drug-likeness (QED) is 0.860. The van der Waals surface area contributed by atoms with Gasteiger partial charge in [-0.25, -0.2) is 4.98 Å². The molecule has 0 aliphatic rings. The molecular formula is C11H8Cl2N4O. The molecule has 0 radical (unpaired) electrons. The Kier molecular flexibility index (Phi) is 3.74. The fourth-order valence-electron chi connectivity index (χ4n) is 1.33. The molecule has 5 nitrogen and oxygen atoms in total. The first-order valence-electron chi connectivity index (χ1n) is 4.99. The number of aryl methyl sites for hydroxylation is 1. The zero-order valence-corrected chi connectivity index (χ0v) is 10.8. The van der Waals surface area contributed by atoms with Crippen LogP contribution in [-0.4, -0.2) is 21.1 Å². The van der Waals surface area contributed by atoms with Crippen LogP contribution in [0.2, 0.25) is 10.3 Å². The Labute approximate surface area is 113 Å². The number of carbonyl (C=O) groups is 1. The molecule has 0 spiro atoms. The van der Waals surface area contributed by atoms with Crippen LogP contribution in [0.4, 0.5) is 5.82 Å². The van der Waals surface area contributed by atoms with Crippen LogP contribution in [0.1, 0.15) is 16.1 Å². The maximum Gasteiger partial charge on any atom is 0.257 e. The van der Waals surface area contributed by atoms with Crippen molar-refractivity contribution in [3.8, 4) is 0 Å². The third-order valence-electron chi connectivity index (χ3n) is 2.06. The number of amides is 1. The molecule has 0 bridgehead atoms. The van der Waals surface area contributed by atoms with Crippen LogP contribution in [0, 0.1) is 6.92 Å². The van der Waals surface area contributed by atoms with Gasteiger partial charge in [-0.2, -0.15) is 0 Å². The lowest BCUT2D eigenvalue weighted by Crippen LogP contribution is -2.13. The van der Waals surface area contributed by atoms with Gasteiger partial charge in [0.05, 0.1) is 0 Å². The summed E-state index contributed by atoms with van der Waals surface area (Å²) in [4.78, 5) is 15.9. The molecule has 1 amide bonds. The zero-order valence-electron chi connectivity index (χ0n) is 9.32. The molecule has 0 saturated carbocycles. The SMILES string of the molecule is Cc1cc(C(=O)Nc2ccc(Cl)nn2)cc(Cl)n1. The standard InChI is InChI=1S/C11H8Cl2N4O/c1-6-4-7(5-9(13)14-6)11(18)15-10-3-2-8(12)16-17-10/h2-5H,1H3,(H,15,17,18). The van der Waals surface area contributed by atoms with Crippen LogP contribution < -0.4 is 5.32 Å². The lowest BCUT2D eigenvalue weighted by atomic mass is 10.2. The molecule has 0 aromatic carbocycles. The molecule has 0 atom stereocenters. The number of carbonyl (C=O) groups excluding carboxylic acids is 1. The summed E-state index contributed by atoms with van der Waals surface area (Å²) in [6.45, 7) is 1.75. The summed E-state index contributed by atoms with van der Waals surface area (Å²) < 4.78 is 0. The number of aromatic nitrogens is 3. The average molecular weight is 283 g/mol.